The predicted molar refractivity (Wildman–Crippen MR) is 146 cm³/mol. The summed E-state index contributed by atoms with van der Waals surface area (Å²) in [5.74, 6) is -1.54. The van der Waals surface area contributed by atoms with Crippen molar-refractivity contribution < 1.29 is 23.9 Å². The van der Waals surface area contributed by atoms with E-state index in [2.05, 4.69) is 27.8 Å². The Morgan fingerprint density at radius 2 is 1.58 bits per heavy atom. The number of rotatable bonds is 9. The zero-order valence-corrected chi connectivity index (χ0v) is 22.5. The van der Waals surface area contributed by atoms with E-state index in [0.29, 0.717) is 5.70 Å². The molecule has 8 heteroatoms. The first-order valence-electron chi connectivity index (χ1n) is 12.3. The molecule has 0 unspecified atom stereocenters. The van der Waals surface area contributed by atoms with Gasteiger partial charge in [-0.05, 0) is 38.8 Å². The number of aryl methyl sites for hydroxylation is 2. The highest BCUT2D eigenvalue weighted by atomic mass is 16.6. The Kier molecular flexibility index (Phi) is 9.38. The number of allylic oxidation sites excluding steroid dienone is 1. The van der Waals surface area contributed by atoms with Crippen LogP contribution in [0.3, 0.4) is 0 Å². The van der Waals surface area contributed by atoms with Crippen molar-refractivity contribution in [1.82, 2.24) is 15.6 Å². The van der Waals surface area contributed by atoms with E-state index >= 15 is 0 Å². The Morgan fingerprint density at radius 1 is 0.974 bits per heavy atom. The van der Waals surface area contributed by atoms with Crippen molar-refractivity contribution in [3.05, 3.63) is 94.4 Å². The lowest BCUT2D eigenvalue weighted by atomic mass is 9.94. The lowest BCUT2D eigenvalue weighted by Gasteiger charge is -2.19. The third-order valence-corrected chi connectivity index (χ3v) is 5.85. The molecule has 1 atom stereocenters. The smallest absolute Gasteiger partial charge is 0.311 e. The summed E-state index contributed by atoms with van der Waals surface area (Å²) < 4.78 is 10.5. The minimum atomic E-state index is -0.920. The monoisotopic (exact) mass is 515 g/mol. The van der Waals surface area contributed by atoms with Crippen LogP contribution >= 0.6 is 0 Å². The van der Waals surface area contributed by atoms with Gasteiger partial charge in [0.1, 0.15) is 6.04 Å². The second-order valence-electron chi connectivity index (χ2n) is 8.94. The molecule has 1 heterocycles. The summed E-state index contributed by atoms with van der Waals surface area (Å²) in [7, 11) is 1.39. The van der Waals surface area contributed by atoms with Gasteiger partial charge in [0.2, 0.25) is 11.7 Å². The molecular formula is C30H33N3O5. The molecule has 2 amide bonds. The Hall–Kier alpha value is -4.46. The molecule has 3 rings (SSSR count). The first kappa shape index (κ1) is 28.1. The van der Waals surface area contributed by atoms with Gasteiger partial charge in [0, 0.05) is 30.0 Å². The Labute approximate surface area is 223 Å². The van der Waals surface area contributed by atoms with E-state index in [1.165, 1.54) is 19.4 Å². The molecule has 198 valence electrons. The molecule has 0 aliphatic heterocycles. The van der Waals surface area contributed by atoms with Crippen molar-refractivity contribution in [2.75, 3.05) is 7.11 Å². The summed E-state index contributed by atoms with van der Waals surface area (Å²) in [6.45, 7) is 9.06. The molecule has 0 aliphatic carbocycles. The van der Waals surface area contributed by atoms with Crippen molar-refractivity contribution in [1.29, 1.82) is 0 Å². The number of amides is 2. The van der Waals surface area contributed by atoms with Gasteiger partial charge in [0.25, 0.3) is 5.91 Å². The highest BCUT2D eigenvalue weighted by molar-refractivity contribution is 5.99. The normalized spacial score (nSPS) is 11.2. The highest BCUT2D eigenvalue weighted by Crippen LogP contribution is 2.30. The van der Waals surface area contributed by atoms with Crippen molar-refractivity contribution in [3.63, 3.8) is 0 Å². The first-order valence-corrected chi connectivity index (χ1v) is 12.3. The molecule has 38 heavy (non-hydrogen) atoms. The summed E-state index contributed by atoms with van der Waals surface area (Å²) in [5, 5.41) is 5.58. The number of carbonyl (C=O) groups excluding carboxylic acids is 3. The van der Waals surface area contributed by atoms with Crippen LogP contribution in [0.25, 0.3) is 5.57 Å². The van der Waals surface area contributed by atoms with Crippen molar-refractivity contribution in [3.8, 4) is 11.5 Å². The molecule has 0 saturated heterocycles. The number of benzene rings is 2. The van der Waals surface area contributed by atoms with Gasteiger partial charge in [-0.15, -0.1) is 0 Å². The minimum Gasteiger partial charge on any atom is -0.493 e. The van der Waals surface area contributed by atoms with Gasteiger partial charge < -0.3 is 20.1 Å². The summed E-state index contributed by atoms with van der Waals surface area (Å²) in [6, 6.07) is 16.7. The molecule has 8 nitrogen and oxygen atoms in total. The molecule has 2 aromatic carbocycles. The quantitative estimate of drug-likeness (QED) is 0.399. The molecule has 0 radical (unpaired) electrons. The van der Waals surface area contributed by atoms with Crippen LogP contribution in [0.15, 0.2) is 66.5 Å². The highest BCUT2D eigenvalue weighted by Gasteiger charge is 2.25. The van der Waals surface area contributed by atoms with E-state index in [9.17, 15) is 14.4 Å². The maximum atomic E-state index is 13.2. The lowest BCUT2D eigenvalue weighted by molar-refractivity contribution is -0.134. The van der Waals surface area contributed by atoms with Crippen LogP contribution in [-0.2, 0) is 9.59 Å². The van der Waals surface area contributed by atoms with E-state index < -0.39 is 23.8 Å². The fourth-order valence-electron chi connectivity index (χ4n) is 3.92. The number of ether oxygens (including phenoxy) is 2. The van der Waals surface area contributed by atoms with Crippen LogP contribution in [0, 0.1) is 13.8 Å². The number of aromatic nitrogens is 1. The first-order chi connectivity index (χ1) is 18.1. The molecule has 3 aromatic rings. The molecule has 0 saturated carbocycles. The van der Waals surface area contributed by atoms with Crippen LogP contribution in [0.1, 0.15) is 59.9 Å². The SMILES string of the molecule is CCC(=O)Oc1c(OC)ccnc1C(=O)N[C@@H](C)C(=O)NC(C)=C(c1cccc(C)c1)c1cccc(C)c1. The summed E-state index contributed by atoms with van der Waals surface area (Å²) in [4.78, 5) is 42.2. The molecular weight excluding hydrogens is 482 g/mol. The van der Waals surface area contributed by atoms with E-state index in [4.69, 9.17) is 9.47 Å². The number of esters is 1. The maximum absolute atomic E-state index is 13.2. The second kappa shape index (κ2) is 12.7. The van der Waals surface area contributed by atoms with Gasteiger partial charge in [-0.3, -0.25) is 14.4 Å². The number of hydrogen-bond donors (Lipinski definition) is 2. The summed E-state index contributed by atoms with van der Waals surface area (Å²) in [5.41, 5.74) is 5.49. The van der Waals surface area contributed by atoms with Crippen LogP contribution in [0.4, 0.5) is 0 Å². The van der Waals surface area contributed by atoms with Crippen LogP contribution in [0.5, 0.6) is 11.5 Å². The minimum absolute atomic E-state index is 0.0933. The van der Waals surface area contributed by atoms with E-state index in [0.717, 1.165) is 27.8 Å². The van der Waals surface area contributed by atoms with Gasteiger partial charge in [0.15, 0.2) is 11.4 Å². The fraction of sp³-hybridized carbons (Fsp3) is 0.267. The summed E-state index contributed by atoms with van der Waals surface area (Å²) in [6.07, 6.45) is 1.47. The van der Waals surface area contributed by atoms with Gasteiger partial charge in [-0.25, -0.2) is 4.98 Å². The molecule has 1 aromatic heterocycles. The average Bonchev–Trinajstić information content (AvgIpc) is 2.88. The van der Waals surface area contributed by atoms with Crippen LogP contribution in [-0.4, -0.2) is 35.9 Å². The Morgan fingerprint density at radius 3 is 2.11 bits per heavy atom. The third kappa shape index (κ3) is 6.85. The Bertz CT molecular complexity index is 1330. The number of nitrogens with zero attached hydrogens (tertiary/aromatic N) is 1. The Balaban J connectivity index is 1.87. The third-order valence-electron chi connectivity index (χ3n) is 5.85. The number of pyridine rings is 1. The number of nitrogens with one attached hydrogen (secondary N) is 2. The van der Waals surface area contributed by atoms with Gasteiger partial charge in [0.05, 0.1) is 7.11 Å². The van der Waals surface area contributed by atoms with Crippen molar-refractivity contribution in [2.24, 2.45) is 0 Å². The van der Waals surface area contributed by atoms with E-state index in [-0.39, 0.29) is 23.6 Å². The van der Waals surface area contributed by atoms with Crippen molar-refractivity contribution >= 4 is 23.4 Å². The zero-order chi connectivity index (χ0) is 27.8. The summed E-state index contributed by atoms with van der Waals surface area (Å²) >= 11 is 0. The van der Waals surface area contributed by atoms with Crippen molar-refractivity contribution in [2.45, 2.75) is 47.1 Å². The molecule has 0 bridgehead atoms. The maximum Gasteiger partial charge on any atom is 0.311 e. The molecule has 0 spiro atoms. The van der Waals surface area contributed by atoms with Gasteiger partial charge >= 0.3 is 5.97 Å². The number of methoxy groups -OCH3 is 1. The van der Waals surface area contributed by atoms with Crippen LogP contribution < -0.4 is 20.1 Å². The van der Waals surface area contributed by atoms with Crippen LogP contribution in [0.2, 0.25) is 0 Å². The zero-order valence-electron chi connectivity index (χ0n) is 22.5. The standard InChI is InChI=1S/C30H33N3O5/c1-7-25(34)38-28-24(37-6)14-15-31-27(28)30(36)33-21(5)29(35)32-20(4)26(22-12-8-10-18(2)16-22)23-13-9-11-19(3)17-23/h8-17,21H,7H2,1-6H3,(H,32,35)(H,33,36)/t21-/m0/s1. The largest absolute Gasteiger partial charge is 0.493 e. The number of hydrogen-bond acceptors (Lipinski definition) is 6. The van der Waals surface area contributed by atoms with E-state index in [1.54, 1.807) is 13.8 Å². The van der Waals surface area contributed by atoms with E-state index in [1.807, 2.05) is 57.2 Å². The predicted octanol–water partition coefficient (Wildman–Crippen LogP) is 4.74. The molecule has 2 N–H and O–H groups in total. The lowest BCUT2D eigenvalue weighted by Crippen LogP contribution is -2.44. The molecule has 0 aliphatic rings. The average molecular weight is 516 g/mol. The topological polar surface area (TPSA) is 107 Å². The number of carbonyl (C=O) groups is 3. The van der Waals surface area contributed by atoms with Gasteiger partial charge in [-0.1, -0.05) is 66.6 Å². The fourth-order valence-corrected chi connectivity index (χ4v) is 3.92. The second-order valence-corrected chi connectivity index (χ2v) is 8.94. The molecule has 0 fully saturated rings. The van der Waals surface area contributed by atoms with Gasteiger partial charge in [-0.2, -0.15) is 0 Å².